The van der Waals surface area contributed by atoms with Crippen LogP contribution in [0.25, 0.3) is 0 Å². The average molecular weight is 314 g/mol. The van der Waals surface area contributed by atoms with Crippen LogP contribution in [0.15, 0.2) is 23.3 Å². The Hall–Kier alpha value is -1.59. The molecule has 1 heterocycles. The smallest absolute Gasteiger partial charge is 0.322 e. The van der Waals surface area contributed by atoms with Crippen LogP contribution >= 0.6 is 23.2 Å². The minimum absolute atomic E-state index is 0.383. The summed E-state index contributed by atoms with van der Waals surface area (Å²) in [5.41, 5.74) is -0.333. The molecule has 5 nitrogen and oxygen atoms in total. The summed E-state index contributed by atoms with van der Waals surface area (Å²) in [6, 6.07) is 4.33. The minimum Gasteiger partial charge on any atom is -0.322 e. The first-order valence-corrected chi connectivity index (χ1v) is 6.78. The number of rotatable bonds is 3. The normalized spacial score (nSPS) is 22.7. The van der Waals surface area contributed by atoms with Crippen molar-refractivity contribution in [1.29, 1.82) is 0 Å². The molecule has 0 aliphatic carbocycles. The van der Waals surface area contributed by atoms with Crippen molar-refractivity contribution in [3.63, 3.8) is 0 Å². The van der Waals surface area contributed by atoms with Crippen LogP contribution in [0.2, 0.25) is 10.0 Å². The van der Waals surface area contributed by atoms with Crippen molar-refractivity contribution in [2.75, 3.05) is 0 Å². The van der Waals surface area contributed by atoms with Gasteiger partial charge in [0.15, 0.2) is 0 Å². The van der Waals surface area contributed by atoms with Gasteiger partial charge in [-0.2, -0.15) is 5.10 Å². The summed E-state index contributed by atoms with van der Waals surface area (Å²) in [6.07, 6.45) is 1.85. The van der Waals surface area contributed by atoms with Gasteiger partial charge >= 0.3 is 6.03 Å². The van der Waals surface area contributed by atoms with Crippen LogP contribution in [0.4, 0.5) is 4.79 Å². The number of carbonyl (C=O) groups is 2. The van der Waals surface area contributed by atoms with Gasteiger partial charge in [-0.15, -0.1) is 5.01 Å². The first-order valence-electron chi connectivity index (χ1n) is 6.03. The molecule has 0 bridgehead atoms. The van der Waals surface area contributed by atoms with Gasteiger partial charge < -0.3 is 5.32 Å². The molecule has 1 fully saturated rings. The third kappa shape index (κ3) is 2.64. The molecule has 0 saturated carbocycles. The molecule has 1 saturated heterocycles. The predicted molar refractivity (Wildman–Crippen MR) is 78.1 cm³/mol. The zero-order valence-corrected chi connectivity index (χ0v) is 12.5. The van der Waals surface area contributed by atoms with E-state index >= 15 is 0 Å². The quantitative estimate of drug-likeness (QED) is 0.688. The van der Waals surface area contributed by atoms with E-state index in [9.17, 15) is 9.59 Å². The van der Waals surface area contributed by atoms with E-state index in [1.165, 1.54) is 6.21 Å². The molecular weight excluding hydrogens is 301 g/mol. The van der Waals surface area contributed by atoms with E-state index in [-0.39, 0.29) is 5.91 Å². The number of hydrogen-bond acceptors (Lipinski definition) is 3. The highest BCUT2D eigenvalue weighted by Gasteiger charge is 2.46. The number of nitrogens with one attached hydrogen (secondary N) is 1. The zero-order chi connectivity index (χ0) is 14.9. The monoisotopic (exact) mass is 313 g/mol. The molecule has 1 aliphatic heterocycles. The van der Waals surface area contributed by atoms with E-state index in [0.717, 1.165) is 5.01 Å². The summed E-state index contributed by atoms with van der Waals surface area (Å²) in [5.74, 6) is -0.383. The van der Waals surface area contributed by atoms with E-state index in [1.54, 1.807) is 25.1 Å². The average Bonchev–Trinajstić information content (AvgIpc) is 2.61. The summed E-state index contributed by atoms with van der Waals surface area (Å²) in [6.45, 7) is 3.49. The molecule has 106 valence electrons. The Labute approximate surface area is 126 Å². The molecule has 20 heavy (non-hydrogen) atoms. The molecular formula is C13H13Cl2N3O2. The maximum Gasteiger partial charge on any atom is 0.346 e. The van der Waals surface area contributed by atoms with Crippen LogP contribution < -0.4 is 5.32 Å². The van der Waals surface area contributed by atoms with Crippen LogP contribution in [0, 0.1) is 0 Å². The number of halogens is 2. The van der Waals surface area contributed by atoms with Crippen molar-refractivity contribution in [2.45, 2.75) is 25.8 Å². The molecule has 1 N–H and O–H groups in total. The third-order valence-electron chi connectivity index (χ3n) is 3.22. The number of hydrogen-bond donors (Lipinski definition) is 1. The molecule has 7 heteroatoms. The largest absolute Gasteiger partial charge is 0.346 e. The Balaban J connectivity index is 2.24. The second-order valence-corrected chi connectivity index (χ2v) is 5.49. The Bertz CT molecular complexity index is 603. The second kappa shape index (κ2) is 5.42. The number of carbonyl (C=O) groups excluding carboxylic acids is 2. The number of imide groups is 1. The fraction of sp³-hybridized carbons (Fsp3) is 0.308. The SMILES string of the molecule is CC[C@]1(C)NC(=O)N(/N=C\c2ccc(Cl)cc2Cl)C1=O. The summed E-state index contributed by atoms with van der Waals surface area (Å²) in [7, 11) is 0. The van der Waals surface area contributed by atoms with Gasteiger partial charge in [0.1, 0.15) is 5.54 Å². The molecule has 0 unspecified atom stereocenters. The minimum atomic E-state index is -0.905. The number of urea groups is 1. The molecule has 1 aliphatic rings. The van der Waals surface area contributed by atoms with Gasteiger partial charge in [0, 0.05) is 10.6 Å². The van der Waals surface area contributed by atoms with Crippen LogP contribution in [0.3, 0.4) is 0 Å². The van der Waals surface area contributed by atoms with Gasteiger partial charge in [0.2, 0.25) is 0 Å². The van der Waals surface area contributed by atoms with Crippen molar-refractivity contribution >= 4 is 41.4 Å². The molecule has 1 atom stereocenters. The highest BCUT2D eigenvalue weighted by molar-refractivity contribution is 6.36. The lowest BCUT2D eigenvalue weighted by Crippen LogP contribution is -2.42. The highest BCUT2D eigenvalue weighted by atomic mass is 35.5. The van der Waals surface area contributed by atoms with E-state index in [4.69, 9.17) is 23.2 Å². The van der Waals surface area contributed by atoms with Crippen LogP contribution in [0.1, 0.15) is 25.8 Å². The van der Waals surface area contributed by atoms with Crippen LogP contribution in [-0.4, -0.2) is 28.7 Å². The van der Waals surface area contributed by atoms with Gasteiger partial charge in [-0.05, 0) is 25.5 Å². The van der Waals surface area contributed by atoms with Gasteiger partial charge in [-0.1, -0.05) is 36.2 Å². The van der Waals surface area contributed by atoms with Crippen molar-refractivity contribution < 1.29 is 9.59 Å². The highest BCUT2D eigenvalue weighted by Crippen LogP contribution is 2.22. The number of nitrogens with zero attached hydrogens (tertiary/aromatic N) is 2. The fourth-order valence-electron chi connectivity index (χ4n) is 1.74. The zero-order valence-electron chi connectivity index (χ0n) is 11.0. The molecule has 1 aromatic rings. The molecule has 0 radical (unpaired) electrons. The fourth-order valence-corrected chi connectivity index (χ4v) is 2.20. The van der Waals surface area contributed by atoms with Gasteiger partial charge in [-0.3, -0.25) is 4.79 Å². The molecule has 0 aromatic heterocycles. The Morgan fingerprint density at radius 2 is 2.10 bits per heavy atom. The van der Waals surface area contributed by atoms with Gasteiger partial charge in [-0.25, -0.2) is 4.79 Å². The second-order valence-electron chi connectivity index (χ2n) is 4.64. The number of benzene rings is 1. The van der Waals surface area contributed by atoms with E-state index < -0.39 is 11.6 Å². The van der Waals surface area contributed by atoms with Crippen molar-refractivity contribution in [2.24, 2.45) is 5.10 Å². The molecule has 3 amide bonds. The summed E-state index contributed by atoms with van der Waals surface area (Å²) in [5, 5.41) is 8.23. The topological polar surface area (TPSA) is 61.8 Å². The van der Waals surface area contributed by atoms with Gasteiger partial charge in [0.05, 0.1) is 11.2 Å². The first-order chi connectivity index (χ1) is 9.37. The Morgan fingerprint density at radius 3 is 2.65 bits per heavy atom. The molecule has 2 rings (SSSR count). The predicted octanol–water partition coefficient (Wildman–Crippen LogP) is 3.05. The number of hydrazone groups is 1. The van der Waals surface area contributed by atoms with Crippen molar-refractivity contribution in [3.8, 4) is 0 Å². The maximum absolute atomic E-state index is 12.1. The van der Waals surface area contributed by atoms with Crippen LogP contribution in [0.5, 0.6) is 0 Å². The Morgan fingerprint density at radius 1 is 1.40 bits per heavy atom. The third-order valence-corrected chi connectivity index (χ3v) is 3.78. The summed E-state index contributed by atoms with van der Waals surface area (Å²) >= 11 is 11.8. The lowest BCUT2D eigenvalue weighted by atomic mass is 10.00. The maximum atomic E-state index is 12.1. The molecule has 0 spiro atoms. The Kier molecular flexibility index (Phi) is 4.01. The number of amides is 3. The first kappa shape index (κ1) is 14.8. The van der Waals surface area contributed by atoms with E-state index in [2.05, 4.69) is 10.4 Å². The van der Waals surface area contributed by atoms with Crippen molar-refractivity contribution in [1.82, 2.24) is 10.3 Å². The standard InChI is InChI=1S/C13H13Cl2N3O2/c1-3-13(2)11(19)18(12(20)17-13)16-7-8-4-5-9(14)6-10(8)15/h4-7H,3H2,1-2H3,(H,17,20)/b16-7-/t13-/m0/s1. The van der Waals surface area contributed by atoms with Crippen molar-refractivity contribution in [3.05, 3.63) is 33.8 Å². The lowest BCUT2D eigenvalue weighted by molar-refractivity contribution is -0.130. The summed E-state index contributed by atoms with van der Waals surface area (Å²) in [4.78, 5) is 23.8. The molecule has 1 aromatic carbocycles. The van der Waals surface area contributed by atoms with E-state index in [0.29, 0.717) is 22.0 Å². The lowest BCUT2D eigenvalue weighted by Gasteiger charge is -2.17. The van der Waals surface area contributed by atoms with Crippen LogP contribution in [-0.2, 0) is 4.79 Å². The van der Waals surface area contributed by atoms with E-state index in [1.807, 2.05) is 6.92 Å². The summed E-state index contributed by atoms with van der Waals surface area (Å²) < 4.78 is 0. The van der Waals surface area contributed by atoms with Gasteiger partial charge in [0.25, 0.3) is 5.91 Å².